The van der Waals surface area contributed by atoms with Crippen LogP contribution in [0.4, 0.5) is 0 Å². The molecule has 0 saturated carbocycles. The zero-order chi connectivity index (χ0) is 15.0. The molecule has 0 amide bonds. The number of hydrogen-bond acceptors (Lipinski definition) is 2. The van der Waals surface area contributed by atoms with Crippen molar-refractivity contribution in [1.82, 2.24) is 4.98 Å². The Morgan fingerprint density at radius 2 is 2.00 bits per heavy atom. The lowest BCUT2D eigenvalue weighted by Crippen LogP contribution is -2.18. The quantitative estimate of drug-likeness (QED) is 0.753. The summed E-state index contributed by atoms with van der Waals surface area (Å²) in [7, 11) is 0. The molecule has 1 aromatic heterocycles. The molecule has 21 heavy (non-hydrogen) atoms. The van der Waals surface area contributed by atoms with E-state index in [0.717, 1.165) is 39.6 Å². The highest BCUT2D eigenvalue weighted by Crippen LogP contribution is 2.38. The number of benzene rings is 1. The van der Waals surface area contributed by atoms with Crippen LogP contribution in [0.2, 0.25) is 0 Å². The number of carbonyl (C=O) groups excluding carboxylic acids is 1. The Kier molecular flexibility index (Phi) is 3.46. The van der Waals surface area contributed by atoms with Gasteiger partial charge in [0.25, 0.3) is 0 Å². The van der Waals surface area contributed by atoms with Crippen molar-refractivity contribution in [2.75, 3.05) is 0 Å². The van der Waals surface area contributed by atoms with Gasteiger partial charge in [-0.1, -0.05) is 30.4 Å². The number of pyridine rings is 1. The third kappa shape index (κ3) is 2.42. The summed E-state index contributed by atoms with van der Waals surface area (Å²) in [5, 5.41) is 1.12. The number of fused-ring (bicyclic) bond motifs is 1. The normalized spacial score (nSPS) is 19.1. The summed E-state index contributed by atoms with van der Waals surface area (Å²) in [5.41, 5.74) is 5.24. The second kappa shape index (κ2) is 5.28. The Balaban J connectivity index is 2.18. The molecule has 3 rings (SSSR count). The van der Waals surface area contributed by atoms with Crippen LogP contribution in [-0.2, 0) is 4.79 Å². The molecular formula is C19H19NO. The monoisotopic (exact) mass is 277 g/mol. The van der Waals surface area contributed by atoms with Gasteiger partial charge < -0.3 is 0 Å². The lowest BCUT2D eigenvalue weighted by atomic mass is 9.77. The van der Waals surface area contributed by atoms with Gasteiger partial charge in [-0.15, -0.1) is 0 Å². The average Bonchev–Trinajstić information content (AvgIpc) is 2.49. The first-order valence-electron chi connectivity index (χ1n) is 7.30. The maximum Gasteiger partial charge on any atom is 0.159 e. The van der Waals surface area contributed by atoms with Crippen LogP contribution in [-0.4, -0.2) is 10.8 Å². The molecule has 0 aliphatic heterocycles. The van der Waals surface area contributed by atoms with Crippen LogP contribution in [0.15, 0.2) is 54.3 Å². The van der Waals surface area contributed by atoms with Gasteiger partial charge >= 0.3 is 0 Å². The number of ketones is 1. The van der Waals surface area contributed by atoms with Gasteiger partial charge in [0.15, 0.2) is 5.78 Å². The fourth-order valence-electron chi connectivity index (χ4n) is 3.04. The molecule has 0 saturated heterocycles. The summed E-state index contributed by atoms with van der Waals surface area (Å²) >= 11 is 0. The van der Waals surface area contributed by atoms with E-state index >= 15 is 0 Å². The Hall–Kier alpha value is -2.22. The standard InChI is InChI=1S/C19H19NO/c1-12(2)14-10-17(13(3)19(21)11-14)15-8-9-20-18-7-5-4-6-16(15)18/h4-9,14H,1,10-11H2,2-3H3. The molecule has 0 fully saturated rings. The number of Topliss-reactive ketones (excluding diaryl/α,β-unsaturated/α-hetero) is 1. The molecule has 0 radical (unpaired) electrons. The number of hydrogen-bond donors (Lipinski definition) is 0. The predicted octanol–water partition coefficient (Wildman–Crippen LogP) is 4.56. The van der Waals surface area contributed by atoms with E-state index in [1.54, 1.807) is 0 Å². The predicted molar refractivity (Wildman–Crippen MR) is 86.9 cm³/mol. The van der Waals surface area contributed by atoms with Gasteiger partial charge in [0.1, 0.15) is 0 Å². The highest BCUT2D eigenvalue weighted by atomic mass is 16.1. The summed E-state index contributed by atoms with van der Waals surface area (Å²) in [6.07, 6.45) is 3.31. The second-order valence-electron chi connectivity index (χ2n) is 5.85. The number of para-hydroxylation sites is 1. The van der Waals surface area contributed by atoms with E-state index < -0.39 is 0 Å². The Labute approximate surface area is 125 Å². The van der Waals surface area contributed by atoms with Crippen LogP contribution in [0.3, 0.4) is 0 Å². The highest BCUT2D eigenvalue weighted by molar-refractivity contribution is 6.06. The molecule has 0 N–H and O–H groups in total. The van der Waals surface area contributed by atoms with E-state index in [1.165, 1.54) is 0 Å². The molecule has 106 valence electrons. The van der Waals surface area contributed by atoms with Crippen LogP contribution in [0.1, 0.15) is 32.3 Å². The molecule has 2 nitrogen and oxygen atoms in total. The van der Waals surface area contributed by atoms with Crippen molar-refractivity contribution in [3.63, 3.8) is 0 Å². The third-order valence-corrected chi connectivity index (χ3v) is 4.42. The smallest absolute Gasteiger partial charge is 0.159 e. The maximum atomic E-state index is 12.3. The molecule has 0 bridgehead atoms. The van der Waals surface area contributed by atoms with E-state index in [1.807, 2.05) is 44.3 Å². The molecule has 1 aromatic carbocycles. The lowest BCUT2D eigenvalue weighted by Gasteiger charge is -2.26. The molecular weight excluding hydrogens is 258 g/mol. The SMILES string of the molecule is C=C(C)C1CC(=O)C(C)=C(c2ccnc3ccccc23)C1. The van der Waals surface area contributed by atoms with Crippen molar-refractivity contribution >= 4 is 22.3 Å². The molecule has 1 aliphatic carbocycles. The first-order chi connectivity index (χ1) is 10.1. The van der Waals surface area contributed by atoms with Crippen molar-refractivity contribution in [1.29, 1.82) is 0 Å². The molecule has 1 heterocycles. The van der Waals surface area contributed by atoms with Crippen LogP contribution in [0, 0.1) is 5.92 Å². The van der Waals surface area contributed by atoms with Crippen molar-refractivity contribution in [2.45, 2.75) is 26.7 Å². The van der Waals surface area contributed by atoms with Crippen LogP contribution in [0.5, 0.6) is 0 Å². The topological polar surface area (TPSA) is 30.0 Å². The third-order valence-electron chi connectivity index (χ3n) is 4.42. The van der Waals surface area contributed by atoms with Crippen molar-refractivity contribution < 1.29 is 4.79 Å². The second-order valence-corrected chi connectivity index (χ2v) is 5.85. The summed E-state index contributed by atoms with van der Waals surface area (Å²) in [4.78, 5) is 16.7. The van der Waals surface area contributed by atoms with E-state index in [2.05, 4.69) is 17.6 Å². The number of rotatable bonds is 2. The number of aromatic nitrogens is 1. The summed E-state index contributed by atoms with van der Waals surface area (Å²) < 4.78 is 0. The number of carbonyl (C=O) groups is 1. The lowest BCUT2D eigenvalue weighted by molar-refractivity contribution is -0.116. The molecule has 2 heteroatoms. The largest absolute Gasteiger partial charge is 0.295 e. The van der Waals surface area contributed by atoms with Gasteiger partial charge in [-0.3, -0.25) is 9.78 Å². The van der Waals surface area contributed by atoms with Gasteiger partial charge in [-0.25, -0.2) is 0 Å². The van der Waals surface area contributed by atoms with Gasteiger partial charge in [-0.2, -0.15) is 0 Å². The van der Waals surface area contributed by atoms with E-state index in [9.17, 15) is 4.79 Å². The zero-order valence-corrected chi connectivity index (χ0v) is 12.5. The van der Waals surface area contributed by atoms with Gasteiger partial charge in [-0.05, 0) is 55.0 Å². The van der Waals surface area contributed by atoms with Gasteiger partial charge in [0, 0.05) is 18.0 Å². The fourth-order valence-corrected chi connectivity index (χ4v) is 3.04. The summed E-state index contributed by atoms with van der Waals surface area (Å²) in [6, 6.07) is 10.1. The van der Waals surface area contributed by atoms with Crippen LogP contribution in [0.25, 0.3) is 16.5 Å². The van der Waals surface area contributed by atoms with Crippen molar-refractivity contribution in [3.8, 4) is 0 Å². The van der Waals surface area contributed by atoms with E-state index in [-0.39, 0.29) is 11.7 Å². The van der Waals surface area contributed by atoms with E-state index in [0.29, 0.717) is 6.42 Å². The van der Waals surface area contributed by atoms with E-state index in [4.69, 9.17) is 0 Å². The van der Waals surface area contributed by atoms with Crippen LogP contribution >= 0.6 is 0 Å². The Morgan fingerprint density at radius 1 is 1.24 bits per heavy atom. The van der Waals surface area contributed by atoms with Gasteiger partial charge in [0.05, 0.1) is 5.52 Å². The maximum absolute atomic E-state index is 12.3. The number of nitrogens with zero attached hydrogens (tertiary/aromatic N) is 1. The average molecular weight is 277 g/mol. The van der Waals surface area contributed by atoms with Crippen molar-refractivity contribution in [3.05, 3.63) is 59.8 Å². The van der Waals surface area contributed by atoms with Gasteiger partial charge in [0.2, 0.25) is 0 Å². The number of allylic oxidation sites excluding steroid dienone is 3. The van der Waals surface area contributed by atoms with Crippen molar-refractivity contribution in [2.24, 2.45) is 5.92 Å². The summed E-state index contributed by atoms with van der Waals surface area (Å²) in [6.45, 7) is 8.00. The molecule has 0 spiro atoms. The first-order valence-corrected chi connectivity index (χ1v) is 7.30. The Morgan fingerprint density at radius 3 is 2.76 bits per heavy atom. The molecule has 2 aromatic rings. The fraction of sp³-hybridized carbons (Fsp3) is 0.263. The molecule has 1 aliphatic rings. The summed E-state index contributed by atoms with van der Waals surface area (Å²) in [5.74, 6) is 0.494. The minimum absolute atomic E-state index is 0.241. The molecule has 1 unspecified atom stereocenters. The first kappa shape index (κ1) is 13.7. The zero-order valence-electron chi connectivity index (χ0n) is 12.5. The molecule has 1 atom stereocenters. The minimum atomic E-state index is 0.241. The minimum Gasteiger partial charge on any atom is -0.295 e. The highest BCUT2D eigenvalue weighted by Gasteiger charge is 2.26. The Bertz CT molecular complexity index is 765. The van der Waals surface area contributed by atoms with Crippen LogP contribution < -0.4 is 0 Å².